The zero-order chi connectivity index (χ0) is 14.6. The number of aryl methyl sites for hydroxylation is 1. The van der Waals surface area contributed by atoms with Crippen LogP contribution in [0.15, 0.2) is 12.1 Å². The van der Waals surface area contributed by atoms with Crippen LogP contribution in [0.2, 0.25) is 0 Å². The van der Waals surface area contributed by atoms with Gasteiger partial charge >= 0.3 is 5.97 Å². The average Bonchev–Trinajstić information content (AvgIpc) is 3.11. The number of hydrogen-bond acceptors (Lipinski definition) is 5. The molecule has 0 amide bonds. The summed E-state index contributed by atoms with van der Waals surface area (Å²) >= 11 is 0. The summed E-state index contributed by atoms with van der Waals surface area (Å²) in [5, 5.41) is 22.2. The maximum absolute atomic E-state index is 11.7. The summed E-state index contributed by atoms with van der Waals surface area (Å²) in [7, 11) is 0. The van der Waals surface area contributed by atoms with E-state index in [9.17, 15) is 9.90 Å². The lowest BCUT2D eigenvalue weighted by atomic mass is 9.81. The van der Waals surface area contributed by atoms with Crippen molar-refractivity contribution >= 4 is 17.4 Å². The van der Waals surface area contributed by atoms with Crippen molar-refractivity contribution in [1.29, 1.82) is 0 Å². The van der Waals surface area contributed by atoms with Gasteiger partial charge in [-0.3, -0.25) is 4.79 Å². The van der Waals surface area contributed by atoms with E-state index < -0.39 is 11.4 Å². The fourth-order valence-electron chi connectivity index (χ4n) is 3.87. The molecule has 1 N–H and O–H groups in total. The number of nitrogens with zero attached hydrogens (tertiary/aromatic N) is 5. The summed E-state index contributed by atoms with van der Waals surface area (Å²) in [6.45, 7) is 3.17. The van der Waals surface area contributed by atoms with Gasteiger partial charge in [-0.25, -0.2) is 0 Å². The number of aliphatic carboxylic acids is 1. The van der Waals surface area contributed by atoms with Gasteiger partial charge in [-0.05, 0) is 37.8 Å². The molecule has 1 aliphatic carbocycles. The SMILES string of the molecule is Cc1nnc2ccc(N3C[C@@H]4CCC[C@@]4(C(=O)O)C3)nn12. The van der Waals surface area contributed by atoms with E-state index in [1.807, 2.05) is 19.1 Å². The third kappa shape index (κ3) is 1.66. The molecule has 2 atom stereocenters. The lowest BCUT2D eigenvalue weighted by Crippen LogP contribution is -2.35. The highest BCUT2D eigenvalue weighted by atomic mass is 16.4. The summed E-state index contributed by atoms with van der Waals surface area (Å²) in [6, 6.07) is 3.78. The molecular formula is C14H17N5O2. The van der Waals surface area contributed by atoms with Crippen LogP contribution in [0, 0.1) is 18.3 Å². The predicted octanol–water partition coefficient (Wildman–Crippen LogP) is 1.12. The molecule has 0 radical (unpaired) electrons. The molecule has 2 aromatic heterocycles. The Morgan fingerprint density at radius 1 is 1.43 bits per heavy atom. The van der Waals surface area contributed by atoms with Gasteiger partial charge in [-0.15, -0.1) is 15.3 Å². The van der Waals surface area contributed by atoms with Crippen LogP contribution in [-0.4, -0.2) is 44.0 Å². The standard InChI is InChI=1S/C14H17N5O2/c1-9-15-16-11-4-5-12(17-19(9)11)18-7-10-3-2-6-14(10,8-18)13(20)21/h4-5,10H,2-3,6-8H2,1H3,(H,20,21)/t10-,14+/m0/s1. The fraction of sp³-hybridized carbons (Fsp3) is 0.571. The Morgan fingerprint density at radius 3 is 3.05 bits per heavy atom. The molecule has 0 spiro atoms. The lowest BCUT2D eigenvalue weighted by Gasteiger charge is -2.23. The predicted molar refractivity (Wildman–Crippen MR) is 75.1 cm³/mol. The van der Waals surface area contributed by atoms with Gasteiger partial charge in [0.2, 0.25) is 0 Å². The highest BCUT2D eigenvalue weighted by Gasteiger charge is 2.55. The second-order valence-electron chi connectivity index (χ2n) is 6.14. The van der Waals surface area contributed by atoms with Gasteiger partial charge in [0.05, 0.1) is 5.41 Å². The molecule has 7 nitrogen and oxygen atoms in total. The lowest BCUT2D eigenvalue weighted by molar-refractivity contribution is -0.149. The van der Waals surface area contributed by atoms with Gasteiger partial charge in [0.1, 0.15) is 5.82 Å². The molecule has 2 aliphatic rings. The van der Waals surface area contributed by atoms with Crippen molar-refractivity contribution < 1.29 is 9.90 Å². The van der Waals surface area contributed by atoms with Crippen molar-refractivity contribution in [2.75, 3.05) is 18.0 Å². The van der Waals surface area contributed by atoms with E-state index in [2.05, 4.69) is 20.2 Å². The van der Waals surface area contributed by atoms with Gasteiger partial charge < -0.3 is 10.0 Å². The zero-order valence-electron chi connectivity index (χ0n) is 11.9. The Balaban J connectivity index is 1.70. The highest BCUT2D eigenvalue weighted by Crippen LogP contribution is 2.49. The van der Waals surface area contributed by atoms with Gasteiger partial charge in [0.15, 0.2) is 11.5 Å². The zero-order valence-corrected chi connectivity index (χ0v) is 11.9. The molecule has 2 fully saturated rings. The number of carboxylic acid groups (broad SMARTS) is 1. The first-order valence-electron chi connectivity index (χ1n) is 7.27. The molecule has 110 valence electrons. The third-order valence-electron chi connectivity index (χ3n) is 5.03. The third-order valence-corrected chi connectivity index (χ3v) is 5.03. The van der Waals surface area contributed by atoms with Crippen LogP contribution in [0.3, 0.4) is 0 Å². The number of rotatable bonds is 2. The Morgan fingerprint density at radius 2 is 2.29 bits per heavy atom. The van der Waals surface area contributed by atoms with Crippen molar-refractivity contribution in [3.05, 3.63) is 18.0 Å². The van der Waals surface area contributed by atoms with Gasteiger partial charge in [0.25, 0.3) is 0 Å². The molecule has 0 unspecified atom stereocenters. The second-order valence-corrected chi connectivity index (χ2v) is 6.14. The van der Waals surface area contributed by atoms with Crippen LogP contribution in [-0.2, 0) is 4.79 Å². The molecule has 1 saturated carbocycles. The summed E-state index contributed by atoms with van der Waals surface area (Å²) < 4.78 is 1.71. The number of fused-ring (bicyclic) bond motifs is 2. The van der Waals surface area contributed by atoms with Gasteiger partial charge in [0, 0.05) is 13.1 Å². The number of carboxylic acids is 1. The van der Waals surface area contributed by atoms with Crippen molar-refractivity contribution in [2.24, 2.45) is 11.3 Å². The Kier molecular flexibility index (Phi) is 2.49. The molecule has 0 aromatic carbocycles. The van der Waals surface area contributed by atoms with E-state index in [1.165, 1.54) is 0 Å². The van der Waals surface area contributed by atoms with Crippen LogP contribution < -0.4 is 4.90 Å². The summed E-state index contributed by atoms with van der Waals surface area (Å²) in [5.41, 5.74) is 0.127. The molecule has 2 aromatic rings. The summed E-state index contributed by atoms with van der Waals surface area (Å²) in [4.78, 5) is 13.8. The Labute approximate surface area is 121 Å². The number of carbonyl (C=O) groups is 1. The minimum Gasteiger partial charge on any atom is -0.481 e. The normalized spacial score (nSPS) is 28.2. The van der Waals surface area contributed by atoms with E-state index >= 15 is 0 Å². The first kappa shape index (κ1) is 12.6. The van der Waals surface area contributed by atoms with Crippen molar-refractivity contribution in [1.82, 2.24) is 19.8 Å². The molecule has 0 bridgehead atoms. The van der Waals surface area contributed by atoms with Crippen LogP contribution in [0.25, 0.3) is 5.65 Å². The molecule has 3 heterocycles. The van der Waals surface area contributed by atoms with E-state index in [-0.39, 0.29) is 5.92 Å². The quantitative estimate of drug-likeness (QED) is 0.891. The van der Waals surface area contributed by atoms with E-state index in [1.54, 1.807) is 4.52 Å². The Hall–Kier alpha value is -2.18. The van der Waals surface area contributed by atoms with Crippen molar-refractivity contribution in [3.63, 3.8) is 0 Å². The minimum atomic E-state index is -0.658. The van der Waals surface area contributed by atoms with E-state index in [0.717, 1.165) is 37.4 Å². The summed E-state index contributed by atoms with van der Waals surface area (Å²) in [5.74, 6) is 1.11. The van der Waals surface area contributed by atoms with Crippen LogP contribution in [0.5, 0.6) is 0 Å². The first-order valence-corrected chi connectivity index (χ1v) is 7.27. The topological polar surface area (TPSA) is 83.6 Å². The second kappa shape index (κ2) is 4.16. The minimum absolute atomic E-state index is 0.231. The van der Waals surface area contributed by atoms with Crippen molar-refractivity contribution in [2.45, 2.75) is 26.2 Å². The van der Waals surface area contributed by atoms with E-state index in [4.69, 9.17) is 0 Å². The summed E-state index contributed by atoms with van der Waals surface area (Å²) in [6.07, 6.45) is 2.79. The number of aromatic nitrogens is 4. The molecular weight excluding hydrogens is 270 g/mol. The largest absolute Gasteiger partial charge is 0.481 e. The number of hydrogen-bond donors (Lipinski definition) is 1. The Bertz CT molecular complexity index is 727. The van der Waals surface area contributed by atoms with Crippen LogP contribution in [0.1, 0.15) is 25.1 Å². The molecule has 1 saturated heterocycles. The molecule has 1 aliphatic heterocycles. The molecule has 21 heavy (non-hydrogen) atoms. The first-order chi connectivity index (χ1) is 10.1. The fourth-order valence-corrected chi connectivity index (χ4v) is 3.87. The maximum Gasteiger partial charge on any atom is 0.311 e. The molecule has 4 rings (SSSR count). The van der Waals surface area contributed by atoms with E-state index in [0.29, 0.717) is 12.2 Å². The smallest absolute Gasteiger partial charge is 0.311 e. The number of anilines is 1. The van der Waals surface area contributed by atoms with Crippen molar-refractivity contribution in [3.8, 4) is 0 Å². The maximum atomic E-state index is 11.7. The highest BCUT2D eigenvalue weighted by molar-refractivity contribution is 5.77. The van der Waals surface area contributed by atoms with Crippen LogP contribution >= 0.6 is 0 Å². The average molecular weight is 287 g/mol. The molecule has 7 heteroatoms. The van der Waals surface area contributed by atoms with Crippen LogP contribution in [0.4, 0.5) is 5.82 Å². The van der Waals surface area contributed by atoms with Gasteiger partial charge in [-0.2, -0.15) is 4.52 Å². The monoisotopic (exact) mass is 287 g/mol. The van der Waals surface area contributed by atoms with Gasteiger partial charge in [-0.1, -0.05) is 6.42 Å².